The van der Waals surface area contributed by atoms with Crippen LogP contribution in [0.1, 0.15) is 37.1 Å². The molecule has 4 heteroatoms. The van der Waals surface area contributed by atoms with Crippen LogP contribution in [0.5, 0.6) is 0 Å². The van der Waals surface area contributed by atoms with Gasteiger partial charge in [-0.05, 0) is 63.7 Å². The smallest absolute Gasteiger partial charge is 0.230 e. The molecule has 0 aromatic carbocycles. The second-order valence-electron chi connectivity index (χ2n) is 7.46. The number of hydrogen-bond donors (Lipinski definition) is 0. The summed E-state index contributed by atoms with van der Waals surface area (Å²) in [5.74, 6) is 1.25. The summed E-state index contributed by atoms with van der Waals surface area (Å²) < 4.78 is 0. The molecule has 118 valence electrons. The monoisotopic (exact) mass is 299 g/mol. The molecule has 2 aliphatic heterocycles. The van der Waals surface area contributed by atoms with Gasteiger partial charge < -0.3 is 4.90 Å². The van der Waals surface area contributed by atoms with Crippen LogP contribution in [-0.2, 0) is 11.3 Å². The molecular weight excluding hydrogens is 274 g/mol. The van der Waals surface area contributed by atoms with Crippen LogP contribution in [0.3, 0.4) is 0 Å². The highest BCUT2D eigenvalue weighted by atomic mass is 16.2. The lowest BCUT2D eigenvalue weighted by Gasteiger charge is -2.52. The van der Waals surface area contributed by atoms with Crippen LogP contribution in [0.15, 0.2) is 18.2 Å². The minimum Gasteiger partial charge on any atom is -0.341 e. The molecule has 1 aromatic heterocycles. The van der Waals surface area contributed by atoms with Crippen LogP contribution in [0.25, 0.3) is 0 Å². The lowest BCUT2D eigenvalue weighted by molar-refractivity contribution is -0.165. The molecule has 3 aliphatic rings. The first-order chi connectivity index (χ1) is 10.6. The normalized spacial score (nSPS) is 24.6. The lowest BCUT2D eigenvalue weighted by Crippen LogP contribution is -2.64. The van der Waals surface area contributed by atoms with E-state index in [0.29, 0.717) is 5.91 Å². The largest absolute Gasteiger partial charge is 0.341 e. The quantitative estimate of drug-likeness (QED) is 0.800. The summed E-state index contributed by atoms with van der Waals surface area (Å²) in [7, 11) is 0. The molecule has 1 spiro atoms. The standard InChI is InChI=1S/C18H25N3O/c1-14-3-2-4-16(19-14)12-20-9-7-18(8-10-20)13-21(17(18)22)11-15-5-6-15/h2-4,15H,5-13H2,1H3. The highest BCUT2D eigenvalue weighted by Crippen LogP contribution is 2.44. The van der Waals surface area contributed by atoms with Gasteiger partial charge >= 0.3 is 0 Å². The van der Waals surface area contributed by atoms with Gasteiger partial charge in [0.05, 0.1) is 11.1 Å². The second kappa shape index (κ2) is 5.34. The highest BCUT2D eigenvalue weighted by Gasteiger charge is 2.53. The van der Waals surface area contributed by atoms with Crippen molar-refractivity contribution in [1.29, 1.82) is 0 Å². The highest BCUT2D eigenvalue weighted by molar-refractivity contribution is 5.89. The number of β-lactam (4-membered cyclic amide) rings is 1. The Balaban J connectivity index is 1.30. The maximum atomic E-state index is 12.5. The van der Waals surface area contributed by atoms with Gasteiger partial charge in [-0.1, -0.05) is 6.07 Å². The third-order valence-electron chi connectivity index (χ3n) is 5.55. The average molecular weight is 299 g/mol. The molecule has 1 aliphatic carbocycles. The van der Waals surface area contributed by atoms with Crippen LogP contribution >= 0.6 is 0 Å². The summed E-state index contributed by atoms with van der Waals surface area (Å²) in [5, 5.41) is 0. The van der Waals surface area contributed by atoms with E-state index in [2.05, 4.69) is 26.9 Å². The van der Waals surface area contributed by atoms with E-state index in [1.807, 2.05) is 13.0 Å². The molecule has 0 atom stereocenters. The Kier molecular flexibility index (Phi) is 3.44. The number of carbonyl (C=O) groups is 1. The van der Waals surface area contributed by atoms with Crippen LogP contribution in [-0.4, -0.2) is 46.9 Å². The van der Waals surface area contributed by atoms with Crippen molar-refractivity contribution >= 4 is 5.91 Å². The zero-order valence-electron chi connectivity index (χ0n) is 13.4. The lowest BCUT2D eigenvalue weighted by atomic mass is 9.71. The number of aryl methyl sites for hydroxylation is 1. The van der Waals surface area contributed by atoms with Crippen molar-refractivity contribution in [3.05, 3.63) is 29.6 Å². The predicted octanol–water partition coefficient (Wildman–Crippen LogP) is 2.22. The summed E-state index contributed by atoms with van der Waals surface area (Å²) in [4.78, 5) is 21.6. The maximum Gasteiger partial charge on any atom is 0.230 e. The van der Waals surface area contributed by atoms with Crippen LogP contribution < -0.4 is 0 Å². The Hall–Kier alpha value is -1.42. The third kappa shape index (κ3) is 2.65. The first kappa shape index (κ1) is 14.2. The Morgan fingerprint density at radius 1 is 1.27 bits per heavy atom. The summed E-state index contributed by atoms with van der Waals surface area (Å²) in [5.41, 5.74) is 2.22. The number of nitrogens with zero attached hydrogens (tertiary/aromatic N) is 3. The van der Waals surface area contributed by atoms with Crippen molar-refractivity contribution in [3.63, 3.8) is 0 Å². The minimum atomic E-state index is -0.00851. The maximum absolute atomic E-state index is 12.5. The van der Waals surface area contributed by atoms with Crippen molar-refractivity contribution in [2.45, 2.75) is 39.2 Å². The number of aromatic nitrogens is 1. The van der Waals surface area contributed by atoms with E-state index in [1.165, 1.54) is 12.8 Å². The Morgan fingerprint density at radius 2 is 2.05 bits per heavy atom. The zero-order chi connectivity index (χ0) is 15.2. The first-order valence-electron chi connectivity index (χ1n) is 8.59. The summed E-state index contributed by atoms with van der Waals surface area (Å²) in [6, 6.07) is 6.22. The van der Waals surface area contributed by atoms with Gasteiger partial charge in [0.25, 0.3) is 0 Å². The Labute approximate surface area is 132 Å². The number of amides is 1. The molecule has 4 nitrogen and oxygen atoms in total. The van der Waals surface area contributed by atoms with Crippen molar-refractivity contribution in [3.8, 4) is 0 Å². The van der Waals surface area contributed by atoms with E-state index in [0.717, 1.165) is 62.9 Å². The molecule has 22 heavy (non-hydrogen) atoms. The Morgan fingerprint density at radius 3 is 2.68 bits per heavy atom. The van der Waals surface area contributed by atoms with Gasteiger partial charge in [0.1, 0.15) is 0 Å². The van der Waals surface area contributed by atoms with E-state index in [9.17, 15) is 4.79 Å². The number of carbonyl (C=O) groups excluding carboxylic acids is 1. The molecule has 1 saturated carbocycles. The van der Waals surface area contributed by atoms with Crippen molar-refractivity contribution in [2.75, 3.05) is 26.2 Å². The minimum absolute atomic E-state index is 0.00851. The first-order valence-corrected chi connectivity index (χ1v) is 8.59. The number of piperidine rings is 1. The summed E-state index contributed by atoms with van der Waals surface area (Å²) in [6.07, 6.45) is 4.71. The van der Waals surface area contributed by atoms with Crippen molar-refractivity contribution in [2.24, 2.45) is 11.3 Å². The molecule has 1 amide bonds. The average Bonchev–Trinajstić information content (AvgIpc) is 3.32. The van der Waals surface area contributed by atoms with E-state index in [4.69, 9.17) is 0 Å². The fraction of sp³-hybridized carbons (Fsp3) is 0.667. The van der Waals surface area contributed by atoms with Gasteiger partial charge in [-0.2, -0.15) is 0 Å². The molecule has 4 rings (SSSR count). The fourth-order valence-corrected chi connectivity index (χ4v) is 3.94. The Bertz CT molecular complexity index is 573. The number of likely N-dealkylation sites (tertiary alicyclic amines) is 2. The summed E-state index contributed by atoms with van der Waals surface area (Å²) >= 11 is 0. The van der Waals surface area contributed by atoms with Crippen LogP contribution in [0, 0.1) is 18.3 Å². The van der Waals surface area contributed by atoms with E-state index in [1.54, 1.807) is 0 Å². The molecule has 3 heterocycles. The number of rotatable bonds is 4. The zero-order valence-corrected chi connectivity index (χ0v) is 13.4. The predicted molar refractivity (Wildman–Crippen MR) is 85.2 cm³/mol. The number of hydrogen-bond acceptors (Lipinski definition) is 3. The molecule has 0 radical (unpaired) electrons. The molecule has 1 aromatic rings. The van der Waals surface area contributed by atoms with E-state index in [-0.39, 0.29) is 5.41 Å². The van der Waals surface area contributed by atoms with E-state index < -0.39 is 0 Å². The SMILES string of the molecule is Cc1cccc(CN2CCC3(CC2)CN(CC2CC2)C3=O)n1. The molecule has 3 fully saturated rings. The molecule has 0 unspecified atom stereocenters. The molecule has 0 N–H and O–H groups in total. The molecule has 2 saturated heterocycles. The van der Waals surface area contributed by atoms with Gasteiger partial charge in [-0.25, -0.2) is 0 Å². The van der Waals surface area contributed by atoms with Gasteiger partial charge in [-0.15, -0.1) is 0 Å². The van der Waals surface area contributed by atoms with Gasteiger partial charge in [-0.3, -0.25) is 14.7 Å². The molecule has 0 bridgehead atoms. The third-order valence-corrected chi connectivity index (χ3v) is 5.55. The van der Waals surface area contributed by atoms with Crippen LogP contribution in [0.4, 0.5) is 0 Å². The topological polar surface area (TPSA) is 36.4 Å². The van der Waals surface area contributed by atoms with Gasteiger partial charge in [0, 0.05) is 25.3 Å². The second-order valence-corrected chi connectivity index (χ2v) is 7.46. The van der Waals surface area contributed by atoms with E-state index >= 15 is 0 Å². The van der Waals surface area contributed by atoms with Crippen molar-refractivity contribution in [1.82, 2.24) is 14.8 Å². The summed E-state index contributed by atoms with van der Waals surface area (Å²) in [6.45, 7) is 7.04. The molecular formula is C18H25N3O. The van der Waals surface area contributed by atoms with Crippen molar-refractivity contribution < 1.29 is 4.79 Å². The van der Waals surface area contributed by atoms with Gasteiger partial charge in [0.15, 0.2) is 0 Å². The van der Waals surface area contributed by atoms with Crippen LogP contribution in [0.2, 0.25) is 0 Å². The fourth-order valence-electron chi connectivity index (χ4n) is 3.94. The van der Waals surface area contributed by atoms with Gasteiger partial charge in [0.2, 0.25) is 5.91 Å². The number of pyridine rings is 1.